The Morgan fingerprint density at radius 2 is 2.25 bits per heavy atom. The molecule has 16 heavy (non-hydrogen) atoms. The van der Waals surface area contributed by atoms with E-state index in [9.17, 15) is 9.90 Å². The number of rotatable bonds is 2. The highest BCUT2D eigenvalue weighted by Crippen LogP contribution is 2.36. The summed E-state index contributed by atoms with van der Waals surface area (Å²) in [4.78, 5) is 11.7. The lowest BCUT2D eigenvalue weighted by atomic mass is 9.77. The highest BCUT2D eigenvalue weighted by atomic mass is 16.3. The molecular weight excluding hydrogens is 200 g/mol. The Kier molecular flexibility index (Phi) is 2.68. The molecule has 0 heterocycles. The Morgan fingerprint density at radius 1 is 1.50 bits per heavy atom. The van der Waals surface area contributed by atoms with Crippen LogP contribution in [0.3, 0.4) is 0 Å². The summed E-state index contributed by atoms with van der Waals surface area (Å²) in [7, 11) is 0. The fraction of sp³-hybridized carbons (Fsp3) is 0.357. The van der Waals surface area contributed by atoms with Crippen LogP contribution in [0.1, 0.15) is 37.0 Å². The van der Waals surface area contributed by atoms with Gasteiger partial charge in [-0.05, 0) is 24.5 Å². The van der Waals surface area contributed by atoms with E-state index in [2.05, 4.69) is 0 Å². The maximum Gasteiger partial charge on any atom is 0.166 e. The number of carbonyl (C=O) groups excluding carboxylic acids is 1. The molecule has 2 heteroatoms. The minimum absolute atomic E-state index is 0.181. The maximum atomic E-state index is 11.7. The van der Waals surface area contributed by atoms with Crippen LogP contribution in [0.15, 0.2) is 24.3 Å². The predicted molar refractivity (Wildman–Crippen MR) is 64.0 cm³/mol. The molecule has 0 radical (unpaired) electrons. The van der Waals surface area contributed by atoms with Gasteiger partial charge in [0.1, 0.15) is 0 Å². The molecule has 0 bridgehead atoms. The average Bonchev–Trinajstić information content (AvgIpc) is 2.28. The number of fused-ring (bicyclic) bond motifs is 1. The fourth-order valence-electron chi connectivity index (χ4n) is 2.34. The van der Waals surface area contributed by atoms with Crippen LogP contribution in [0, 0.1) is 0 Å². The first kappa shape index (κ1) is 11.1. The van der Waals surface area contributed by atoms with Crippen LogP contribution >= 0.6 is 0 Å². The quantitative estimate of drug-likeness (QED) is 0.824. The van der Waals surface area contributed by atoms with E-state index in [0.717, 1.165) is 23.1 Å². The Labute approximate surface area is 95.6 Å². The molecule has 0 aliphatic heterocycles. The van der Waals surface area contributed by atoms with Gasteiger partial charge in [-0.15, -0.1) is 0 Å². The van der Waals surface area contributed by atoms with Crippen LogP contribution in [-0.2, 0) is 16.8 Å². The first-order valence-electron chi connectivity index (χ1n) is 5.62. The van der Waals surface area contributed by atoms with Crippen molar-refractivity contribution in [2.75, 3.05) is 0 Å². The predicted octanol–water partition coefficient (Wildman–Crippen LogP) is 2.44. The van der Waals surface area contributed by atoms with Crippen molar-refractivity contribution in [3.05, 3.63) is 41.0 Å². The molecule has 2 rings (SSSR count). The lowest BCUT2D eigenvalue weighted by Crippen LogP contribution is -2.36. The molecule has 0 saturated carbocycles. The van der Waals surface area contributed by atoms with E-state index in [-0.39, 0.29) is 5.78 Å². The van der Waals surface area contributed by atoms with Crippen molar-refractivity contribution in [2.24, 2.45) is 0 Å². The topological polar surface area (TPSA) is 37.3 Å². The van der Waals surface area contributed by atoms with Gasteiger partial charge in [-0.2, -0.15) is 0 Å². The Morgan fingerprint density at radius 3 is 2.88 bits per heavy atom. The van der Waals surface area contributed by atoms with Gasteiger partial charge in [-0.25, -0.2) is 0 Å². The number of hydrogen-bond acceptors (Lipinski definition) is 2. The molecule has 84 valence electrons. The normalized spacial score (nSPS) is 22.9. The second-order valence-corrected chi connectivity index (χ2v) is 4.26. The third-order valence-corrected chi connectivity index (χ3v) is 3.27. The molecule has 0 saturated heterocycles. The van der Waals surface area contributed by atoms with Crippen molar-refractivity contribution in [3.8, 4) is 0 Å². The third kappa shape index (κ3) is 1.50. The van der Waals surface area contributed by atoms with Gasteiger partial charge in [0.25, 0.3) is 0 Å². The molecule has 1 aliphatic carbocycles. The number of hydrogen-bond donors (Lipinski definition) is 1. The van der Waals surface area contributed by atoms with Crippen LogP contribution in [0.5, 0.6) is 0 Å². The standard InChI is InChI=1S/C14H16O2/c1-3-11-6-4-7-12-8-5-9-14(16,10(2)15)13(11)12/h4-8,16H,3,9H2,1-2H3. The zero-order valence-electron chi connectivity index (χ0n) is 9.66. The summed E-state index contributed by atoms with van der Waals surface area (Å²) in [6.07, 6.45) is 5.05. The molecule has 1 aromatic carbocycles. The van der Waals surface area contributed by atoms with Gasteiger partial charge in [0, 0.05) is 12.0 Å². The van der Waals surface area contributed by atoms with Gasteiger partial charge in [-0.1, -0.05) is 37.3 Å². The minimum atomic E-state index is -1.32. The second-order valence-electron chi connectivity index (χ2n) is 4.26. The van der Waals surface area contributed by atoms with Crippen LogP contribution < -0.4 is 0 Å². The van der Waals surface area contributed by atoms with Crippen molar-refractivity contribution in [2.45, 2.75) is 32.3 Å². The van der Waals surface area contributed by atoms with Crippen LogP contribution in [0.2, 0.25) is 0 Å². The van der Waals surface area contributed by atoms with Gasteiger partial charge < -0.3 is 5.11 Å². The molecule has 1 aromatic rings. The van der Waals surface area contributed by atoms with Crippen molar-refractivity contribution in [1.29, 1.82) is 0 Å². The number of carbonyl (C=O) groups is 1. The van der Waals surface area contributed by atoms with Crippen molar-refractivity contribution < 1.29 is 9.90 Å². The summed E-state index contributed by atoms with van der Waals surface area (Å²) in [5.41, 5.74) is 1.49. The van der Waals surface area contributed by atoms with E-state index >= 15 is 0 Å². The lowest BCUT2D eigenvalue weighted by Gasteiger charge is -2.31. The number of aryl methyl sites for hydroxylation is 1. The second kappa shape index (κ2) is 3.87. The van der Waals surface area contributed by atoms with E-state index in [4.69, 9.17) is 0 Å². The molecule has 0 spiro atoms. The summed E-state index contributed by atoms with van der Waals surface area (Å²) in [6.45, 7) is 3.49. The summed E-state index contributed by atoms with van der Waals surface area (Å²) in [5.74, 6) is -0.181. The highest BCUT2D eigenvalue weighted by Gasteiger charge is 2.38. The lowest BCUT2D eigenvalue weighted by molar-refractivity contribution is -0.135. The molecule has 0 amide bonds. The Balaban J connectivity index is 2.69. The molecular formula is C14H16O2. The van der Waals surface area contributed by atoms with E-state index in [1.165, 1.54) is 6.92 Å². The SMILES string of the molecule is CCc1cccc2c1C(O)(C(C)=O)CC=C2. The van der Waals surface area contributed by atoms with E-state index in [1.807, 2.05) is 37.3 Å². The summed E-state index contributed by atoms with van der Waals surface area (Å²) in [6, 6.07) is 5.89. The van der Waals surface area contributed by atoms with E-state index in [1.54, 1.807) is 0 Å². The number of Topliss-reactive ketones (excluding diaryl/α,β-unsaturated/α-hetero) is 1. The third-order valence-electron chi connectivity index (χ3n) is 3.27. The van der Waals surface area contributed by atoms with E-state index in [0.29, 0.717) is 6.42 Å². The summed E-state index contributed by atoms with van der Waals surface area (Å²) < 4.78 is 0. The number of ketones is 1. The smallest absolute Gasteiger partial charge is 0.166 e. The molecule has 1 unspecified atom stereocenters. The van der Waals surface area contributed by atoms with Gasteiger partial charge in [0.05, 0.1) is 0 Å². The summed E-state index contributed by atoms with van der Waals surface area (Å²) >= 11 is 0. The molecule has 1 aliphatic rings. The fourth-order valence-corrected chi connectivity index (χ4v) is 2.34. The Hall–Kier alpha value is -1.41. The first-order valence-corrected chi connectivity index (χ1v) is 5.62. The van der Waals surface area contributed by atoms with E-state index < -0.39 is 5.60 Å². The van der Waals surface area contributed by atoms with Crippen LogP contribution in [0.4, 0.5) is 0 Å². The Bertz CT molecular complexity index is 460. The monoisotopic (exact) mass is 216 g/mol. The number of aliphatic hydroxyl groups is 1. The first-order chi connectivity index (χ1) is 7.59. The molecule has 1 atom stereocenters. The van der Waals surface area contributed by atoms with Crippen molar-refractivity contribution >= 4 is 11.9 Å². The molecule has 2 nitrogen and oxygen atoms in total. The average molecular weight is 216 g/mol. The largest absolute Gasteiger partial charge is 0.377 e. The van der Waals surface area contributed by atoms with Gasteiger partial charge >= 0.3 is 0 Å². The molecule has 1 N–H and O–H groups in total. The van der Waals surface area contributed by atoms with Gasteiger partial charge in [-0.3, -0.25) is 4.79 Å². The van der Waals surface area contributed by atoms with Gasteiger partial charge in [0.2, 0.25) is 0 Å². The van der Waals surface area contributed by atoms with Crippen molar-refractivity contribution in [1.82, 2.24) is 0 Å². The molecule has 0 fully saturated rings. The zero-order valence-corrected chi connectivity index (χ0v) is 9.66. The highest BCUT2D eigenvalue weighted by molar-refractivity contribution is 5.89. The van der Waals surface area contributed by atoms with Crippen molar-refractivity contribution in [3.63, 3.8) is 0 Å². The minimum Gasteiger partial charge on any atom is -0.377 e. The zero-order chi connectivity index (χ0) is 11.8. The summed E-state index contributed by atoms with van der Waals surface area (Å²) in [5, 5.41) is 10.5. The van der Waals surface area contributed by atoms with Gasteiger partial charge in [0.15, 0.2) is 11.4 Å². The maximum absolute atomic E-state index is 11.7. The molecule has 0 aromatic heterocycles. The number of benzene rings is 1. The van der Waals surface area contributed by atoms with Crippen LogP contribution in [-0.4, -0.2) is 10.9 Å². The van der Waals surface area contributed by atoms with Crippen LogP contribution in [0.25, 0.3) is 6.08 Å².